The summed E-state index contributed by atoms with van der Waals surface area (Å²) in [6, 6.07) is 12.0. The Morgan fingerprint density at radius 1 is 1.00 bits per heavy atom. The van der Waals surface area contributed by atoms with E-state index in [0.29, 0.717) is 23.0 Å². The van der Waals surface area contributed by atoms with Crippen LogP contribution in [0.1, 0.15) is 61.8 Å². The summed E-state index contributed by atoms with van der Waals surface area (Å²) in [4.78, 5) is 20.4. The molecule has 1 aliphatic carbocycles. The first-order chi connectivity index (χ1) is 18.1. The number of H-pyrrole nitrogens is 1. The van der Waals surface area contributed by atoms with Crippen molar-refractivity contribution in [3.05, 3.63) is 69.5 Å². The Morgan fingerprint density at radius 3 is 2.71 bits per heavy atom. The number of aromatic nitrogens is 2. The second-order valence-electron chi connectivity index (χ2n) is 9.95. The number of nitrogens with one attached hydrogen (secondary N) is 3. The lowest BCUT2D eigenvalue weighted by Gasteiger charge is -2.22. The summed E-state index contributed by atoms with van der Waals surface area (Å²) >= 11 is 12.9. The van der Waals surface area contributed by atoms with Gasteiger partial charge in [-0.1, -0.05) is 54.2 Å². The Hall–Kier alpha value is -2.47. The third-order valence-electron chi connectivity index (χ3n) is 7.30. The second kappa shape index (κ2) is 13.5. The predicted molar refractivity (Wildman–Crippen MR) is 162 cm³/mol. The summed E-state index contributed by atoms with van der Waals surface area (Å²) in [5.41, 5.74) is 6.88. The molecule has 2 aromatic carbocycles. The van der Waals surface area contributed by atoms with Crippen LogP contribution in [-0.2, 0) is 24.1 Å². The summed E-state index contributed by atoms with van der Waals surface area (Å²) in [5.74, 6) is 0.140. The van der Waals surface area contributed by atoms with Crippen molar-refractivity contribution in [3.8, 4) is 0 Å². The Morgan fingerprint density at radius 2 is 1.82 bits per heavy atom. The van der Waals surface area contributed by atoms with Crippen molar-refractivity contribution in [2.45, 2.75) is 64.2 Å². The molecule has 2 aromatic heterocycles. The van der Waals surface area contributed by atoms with Gasteiger partial charge in [-0.2, -0.15) is 0 Å². The zero-order chi connectivity index (χ0) is 25.6. The molecule has 0 saturated carbocycles. The highest BCUT2D eigenvalue weighted by atomic mass is 35.5. The van der Waals surface area contributed by atoms with Crippen LogP contribution in [0.2, 0.25) is 10.0 Å². The lowest BCUT2D eigenvalue weighted by Crippen LogP contribution is -2.25. The van der Waals surface area contributed by atoms with Gasteiger partial charge in [0.25, 0.3) is 0 Å². The molecule has 0 atom stereocenters. The number of para-hydroxylation sites is 1. The molecule has 2 heterocycles. The molecule has 0 bridgehead atoms. The molecule has 4 aromatic rings. The minimum Gasteiger partial charge on any atom is -0.384 e. The van der Waals surface area contributed by atoms with Gasteiger partial charge in [-0.15, -0.1) is 12.4 Å². The maximum atomic E-state index is 12.3. The van der Waals surface area contributed by atoms with Crippen LogP contribution in [0.5, 0.6) is 0 Å². The van der Waals surface area contributed by atoms with E-state index in [1.54, 1.807) is 6.07 Å². The van der Waals surface area contributed by atoms with Crippen LogP contribution >= 0.6 is 35.6 Å². The number of halogens is 3. The van der Waals surface area contributed by atoms with Crippen LogP contribution in [-0.4, -0.2) is 29.0 Å². The fraction of sp³-hybridized carbons (Fsp3) is 0.400. The molecule has 5 rings (SSSR count). The first-order valence-corrected chi connectivity index (χ1v) is 14.2. The number of aryl methyl sites for hydroxylation is 1. The van der Waals surface area contributed by atoms with Gasteiger partial charge >= 0.3 is 0 Å². The summed E-state index contributed by atoms with van der Waals surface area (Å²) < 4.78 is 0. The van der Waals surface area contributed by atoms with Gasteiger partial charge in [0.05, 0.1) is 16.2 Å². The van der Waals surface area contributed by atoms with E-state index >= 15 is 0 Å². The number of aromatic amines is 1. The number of amides is 1. The second-order valence-corrected chi connectivity index (χ2v) is 10.8. The van der Waals surface area contributed by atoms with Gasteiger partial charge in [-0.25, -0.2) is 0 Å². The largest absolute Gasteiger partial charge is 0.384 e. The van der Waals surface area contributed by atoms with Crippen LogP contribution in [0.15, 0.2) is 42.6 Å². The Labute approximate surface area is 240 Å². The monoisotopic (exact) mass is 572 g/mol. The molecule has 3 N–H and O–H groups in total. The summed E-state index contributed by atoms with van der Waals surface area (Å²) in [5, 5.41) is 10.2. The molecule has 5 nitrogen and oxygen atoms in total. The number of rotatable bonds is 11. The van der Waals surface area contributed by atoms with Crippen molar-refractivity contribution in [1.82, 2.24) is 15.3 Å². The molecule has 0 saturated heterocycles. The fourth-order valence-electron chi connectivity index (χ4n) is 5.41. The molecule has 0 radical (unpaired) electrons. The SMILES string of the molecule is Cl.O=C(CCCCCCNc1c2c(nc3cc(Cl)cc(Cl)c13)CCCC2)NCCc1c[nH]c2ccccc12. The predicted octanol–water partition coefficient (Wildman–Crippen LogP) is 8.04. The summed E-state index contributed by atoms with van der Waals surface area (Å²) in [7, 11) is 0. The van der Waals surface area contributed by atoms with Crippen LogP contribution in [0.3, 0.4) is 0 Å². The third-order valence-corrected chi connectivity index (χ3v) is 7.82. The molecule has 202 valence electrons. The van der Waals surface area contributed by atoms with E-state index in [1.165, 1.54) is 35.0 Å². The van der Waals surface area contributed by atoms with E-state index in [2.05, 4.69) is 27.8 Å². The number of carbonyl (C=O) groups is 1. The molecule has 1 amide bonds. The van der Waals surface area contributed by atoms with Gasteiger partial charge in [0, 0.05) is 52.7 Å². The van der Waals surface area contributed by atoms with Crippen molar-refractivity contribution in [3.63, 3.8) is 0 Å². The first-order valence-electron chi connectivity index (χ1n) is 13.5. The van der Waals surface area contributed by atoms with Gasteiger partial charge in [0.1, 0.15) is 0 Å². The van der Waals surface area contributed by atoms with Crippen LogP contribution in [0.25, 0.3) is 21.8 Å². The molecule has 38 heavy (non-hydrogen) atoms. The molecule has 0 spiro atoms. The van der Waals surface area contributed by atoms with E-state index in [4.69, 9.17) is 28.2 Å². The average molecular weight is 574 g/mol. The van der Waals surface area contributed by atoms with E-state index in [0.717, 1.165) is 73.6 Å². The van der Waals surface area contributed by atoms with Gasteiger partial charge in [0.2, 0.25) is 5.91 Å². The van der Waals surface area contributed by atoms with Crippen molar-refractivity contribution >= 4 is 69.0 Å². The van der Waals surface area contributed by atoms with Crippen molar-refractivity contribution in [2.75, 3.05) is 18.4 Å². The summed E-state index contributed by atoms with van der Waals surface area (Å²) in [6.45, 7) is 1.55. The van der Waals surface area contributed by atoms with Gasteiger partial charge < -0.3 is 15.6 Å². The van der Waals surface area contributed by atoms with E-state index in [9.17, 15) is 4.79 Å². The lowest BCUT2D eigenvalue weighted by atomic mass is 9.92. The molecule has 1 aliphatic rings. The number of hydrogen-bond acceptors (Lipinski definition) is 3. The zero-order valence-electron chi connectivity index (χ0n) is 21.5. The number of pyridine rings is 1. The van der Waals surface area contributed by atoms with Gasteiger partial charge in [0.15, 0.2) is 0 Å². The van der Waals surface area contributed by atoms with Crippen molar-refractivity contribution < 1.29 is 4.79 Å². The number of nitrogens with zero attached hydrogens (tertiary/aromatic N) is 1. The molecular formula is C30H35Cl3N4O. The van der Waals surface area contributed by atoms with Crippen LogP contribution < -0.4 is 10.6 Å². The number of benzene rings is 2. The Kier molecular flexibility index (Phi) is 10.2. The maximum Gasteiger partial charge on any atom is 0.220 e. The maximum absolute atomic E-state index is 12.3. The normalized spacial score (nSPS) is 12.8. The highest BCUT2D eigenvalue weighted by molar-refractivity contribution is 6.39. The van der Waals surface area contributed by atoms with E-state index in [-0.39, 0.29) is 18.3 Å². The quantitative estimate of drug-likeness (QED) is 0.159. The summed E-state index contributed by atoms with van der Waals surface area (Å²) in [6.07, 6.45) is 12.0. The Bertz CT molecular complexity index is 1400. The number of hydrogen-bond donors (Lipinski definition) is 3. The zero-order valence-corrected chi connectivity index (χ0v) is 23.9. The highest BCUT2D eigenvalue weighted by Gasteiger charge is 2.20. The van der Waals surface area contributed by atoms with Gasteiger partial charge in [-0.05, 0) is 74.3 Å². The standard InChI is InChI=1S/C30H34Cl2N4O.ClH/c31-21-17-24(32)29-27(18-21)36-26-12-7-5-10-23(26)30(29)34-15-8-2-1-3-13-28(37)33-16-14-20-19-35-25-11-6-4-9-22(20)25;/h4,6,9,11,17-19,35H,1-3,5,7-8,10,12-16H2,(H,33,37)(H,34,36);1H. The first kappa shape index (κ1) is 28.5. The molecule has 0 fully saturated rings. The Balaban J connectivity index is 0.00000336. The smallest absolute Gasteiger partial charge is 0.220 e. The molecular weight excluding hydrogens is 539 g/mol. The van der Waals surface area contributed by atoms with Crippen molar-refractivity contribution in [1.29, 1.82) is 0 Å². The van der Waals surface area contributed by atoms with Crippen LogP contribution in [0, 0.1) is 0 Å². The third kappa shape index (κ3) is 6.74. The molecule has 8 heteroatoms. The van der Waals surface area contributed by atoms with Crippen molar-refractivity contribution in [2.24, 2.45) is 0 Å². The minimum atomic E-state index is 0. The fourth-order valence-corrected chi connectivity index (χ4v) is 5.99. The topological polar surface area (TPSA) is 69.8 Å². The molecule has 0 aliphatic heterocycles. The number of fused-ring (bicyclic) bond motifs is 3. The average Bonchev–Trinajstić information content (AvgIpc) is 3.30. The van der Waals surface area contributed by atoms with E-state index < -0.39 is 0 Å². The minimum absolute atomic E-state index is 0. The van der Waals surface area contributed by atoms with Crippen LogP contribution in [0.4, 0.5) is 5.69 Å². The number of anilines is 1. The lowest BCUT2D eigenvalue weighted by molar-refractivity contribution is -0.121. The highest BCUT2D eigenvalue weighted by Crippen LogP contribution is 2.38. The molecule has 0 unspecified atom stereocenters. The number of carbonyl (C=O) groups excluding carboxylic acids is 1. The van der Waals surface area contributed by atoms with Gasteiger partial charge in [-0.3, -0.25) is 9.78 Å². The van der Waals surface area contributed by atoms with E-state index in [1.807, 2.05) is 24.4 Å². The number of unbranched alkanes of at least 4 members (excludes halogenated alkanes) is 3.